The van der Waals surface area contributed by atoms with Gasteiger partial charge in [0.1, 0.15) is 0 Å². The number of benzene rings is 2. The van der Waals surface area contributed by atoms with Crippen molar-refractivity contribution in [2.75, 3.05) is 0 Å². The number of hydrogen-bond acceptors (Lipinski definition) is 0. The molecule has 0 unspecified atom stereocenters. The number of unbranched alkanes of at least 4 members (excludes halogenated alkanes) is 4. The molecule has 0 bridgehead atoms. The average Bonchev–Trinajstić information content (AvgIpc) is 2.81. The summed E-state index contributed by atoms with van der Waals surface area (Å²) in [5, 5.41) is 0. The van der Waals surface area contributed by atoms with Crippen molar-refractivity contribution in [3.63, 3.8) is 0 Å². The Bertz CT molecular complexity index is 785. The van der Waals surface area contributed by atoms with Crippen LogP contribution in [0.5, 0.6) is 0 Å². The predicted octanol–water partition coefficient (Wildman–Crippen LogP) is 9.29. The molecule has 0 heterocycles. The highest BCUT2D eigenvalue weighted by Crippen LogP contribution is 2.34. The van der Waals surface area contributed by atoms with Gasteiger partial charge in [0.05, 0.1) is 0 Å². The summed E-state index contributed by atoms with van der Waals surface area (Å²) in [6.45, 7) is 4.50. The molecule has 1 saturated carbocycles. The fourth-order valence-corrected chi connectivity index (χ4v) is 5.08. The Morgan fingerprint density at radius 2 is 1.39 bits per heavy atom. The van der Waals surface area contributed by atoms with Gasteiger partial charge in [-0.3, -0.25) is 0 Å². The van der Waals surface area contributed by atoms with Gasteiger partial charge in [0.25, 0.3) is 0 Å². The first-order chi connectivity index (χ1) is 15.1. The van der Waals surface area contributed by atoms with Gasteiger partial charge >= 0.3 is 0 Å². The van der Waals surface area contributed by atoms with Crippen molar-refractivity contribution in [2.45, 2.75) is 97.3 Å². The second-order valence-electron chi connectivity index (χ2n) is 9.60. The van der Waals surface area contributed by atoms with Gasteiger partial charge in [0, 0.05) is 5.56 Å². The van der Waals surface area contributed by atoms with Crippen LogP contribution in [0.4, 0.5) is 8.78 Å². The Kier molecular flexibility index (Phi) is 9.55. The van der Waals surface area contributed by atoms with Crippen molar-refractivity contribution in [1.82, 2.24) is 0 Å². The lowest BCUT2D eigenvalue weighted by molar-refractivity contribution is 0.258. The maximum absolute atomic E-state index is 14.9. The molecular formula is C29H40F2. The third-order valence-electron chi connectivity index (χ3n) is 7.36. The highest BCUT2D eigenvalue weighted by molar-refractivity contribution is 5.65. The van der Waals surface area contributed by atoms with E-state index in [2.05, 4.69) is 26.0 Å². The zero-order valence-corrected chi connectivity index (χ0v) is 19.6. The molecule has 1 aliphatic carbocycles. The summed E-state index contributed by atoms with van der Waals surface area (Å²) in [6, 6.07) is 11.6. The van der Waals surface area contributed by atoms with Crippen molar-refractivity contribution in [2.24, 2.45) is 11.8 Å². The summed E-state index contributed by atoms with van der Waals surface area (Å²) >= 11 is 0. The first kappa shape index (κ1) is 24.0. The van der Waals surface area contributed by atoms with Crippen molar-refractivity contribution in [3.05, 3.63) is 59.2 Å². The summed E-state index contributed by atoms with van der Waals surface area (Å²) in [6.07, 6.45) is 15.3. The van der Waals surface area contributed by atoms with Gasteiger partial charge in [0.15, 0.2) is 11.6 Å². The average molecular weight is 427 g/mol. The van der Waals surface area contributed by atoms with Crippen LogP contribution in [-0.2, 0) is 12.8 Å². The summed E-state index contributed by atoms with van der Waals surface area (Å²) in [5.41, 5.74) is 2.94. The van der Waals surface area contributed by atoms with E-state index in [0.717, 1.165) is 24.3 Å². The van der Waals surface area contributed by atoms with Gasteiger partial charge in [-0.1, -0.05) is 108 Å². The van der Waals surface area contributed by atoms with Crippen LogP contribution in [0.1, 0.15) is 95.6 Å². The third-order valence-corrected chi connectivity index (χ3v) is 7.36. The maximum Gasteiger partial charge on any atom is 0.166 e. The van der Waals surface area contributed by atoms with Gasteiger partial charge in [-0.05, 0) is 54.2 Å². The zero-order valence-electron chi connectivity index (χ0n) is 19.6. The number of hydrogen-bond donors (Lipinski definition) is 0. The van der Waals surface area contributed by atoms with Crippen LogP contribution in [0.2, 0.25) is 0 Å². The fourth-order valence-electron chi connectivity index (χ4n) is 5.08. The largest absolute Gasteiger partial charge is 0.203 e. The molecule has 1 aliphatic rings. The van der Waals surface area contributed by atoms with E-state index in [9.17, 15) is 8.78 Å². The first-order valence-corrected chi connectivity index (χ1v) is 12.7. The maximum atomic E-state index is 14.9. The molecule has 1 fully saturated rings. The lowest BCUT2D eigenvalue weighted by Gasteiger charge is -2.27. The SMILES string of the molecule is CCCCCCCc1ccc(-c2ccc(CC[C@H]3CC[C@H](CC)CC3)c(F)c2F)cc1. The van der Waals surface area contributed by atoms with Crippen molar-refractivity contribution in [3.8, 4) is 11.1 Å². The van der Waals surface area contributed by atoms with Gasteiger partial charge in [-0.2, -0.15) is 0 Å². The molecule has 0 saturated heterocycles. The van der Waals surface area contributed by atoms with Gasteiger partial charge in [-0.25, -0.2) is 8.78 Å². The number of halogens is 2. The van der Waals surface area contributed by atoms with Crippen LogP contribution in [0.25, 0.3) is 11.1 Å². The molecule has 2 heteroatoms. The Hall–Kier alpha value is -1.70. The Labute approximate surface area is 188 Å². The monoisotopic (exact) mass is 426 g/mol. The molecule has 170 valence electrons. The topological polar surface area (TPSA) is 0 Å². The van der Waals surface area contributed by atoms with E-state index >= 15 is 0 Å². The highest BCUT2D eigenvalue weighted by atomic mass is 19.2. The first-order valence-electron chi connectivity index (χ1n) is 12.7. The van der Waals surface area contributed by atoms with E-state index in [1.54, 1.807) is 12.1 Å². The van der Waals surface area contributed by atoms with E-state index in [1.807, 2.05) is 12.1 Å². The molecule has 0 aromatic heterocycles. The minimum atomic E-state index is -0.695. The lowest BCUT2D eigenvalue weighted by Crippen LogP contribution is -2.14. The van der Waals surface area contributed by atoms with E-state index in [0.29, 0.717) is 23.5 Å². The normalized spacial score (nSPS) is 19.0. The van der Waals surface area contributed by atoms with Crippen LogP contribution in [0, 0.1) is 23.5 Å². The van der Waals surface area contributed by atoms with Gasteiger partial charge < -0.3 is 0 Å². The molecular weight excluding hydrogens is 386 g/mol. The van der Waals surface area contributed by atoms with E-state index in [1.165, 1.54) is 69.8 Å². The second kappa shape index (κ2) is 12.4. The lowest BCUT2D eigenvalue weighted by atomic mass is 9.78. The van der Waals surface area contributed by atoms with Crippen LogP contribution < -0.4 is 0 Å². The fraction of sp³-hybridized carbons (Fsp3) is 0.586. The Morgan fingerprint density at radius 1 is 0.710 bits per heavy atom. The third kappa shape index (κ3) is 6.89. The molecule has 31 heavy (non-hydrogen) atoms. The molecule has 0 nitrogen and oxygen atoms in total. The number of aryl methyl sites for hydroxylation is 2. The predicted molar refractivity (Wildman–Crippen MR) is 128 cm³/mol. The van der Waals surface area contributed by atoms with Crippen LogP contribution in [0.15, 0.2) is 36.4 Å². The van der Waals surface area contributed by atoms with Crippen LogP contribution in [-0.4, -0.2) is 0 Å². The van der Waals surface area contributed by atoms with Crippen molar-refractivity contribution < 1.29 is 8.78 Å². The van der Waals surface area contributed by atoms with Crippen molar-refractivity contribution >= 4 is 0 Å². The standard InChI is InChI=1S/C29H40F2/c1-3-5-6-7-8-9-23-14-17-25(18-15-23)27-21-20-26(28(30)29(27)31)19-16-24-12-10-22(4-2)11-13-24/h14-15,17-18,20-22,24H,3-13,16,19H2,1-2H3/t22-,24-. The zero-order chi connectivity index (χ0) is 22.1. The van der Waals surface area contributed by atoms with E-state index in [-0.39, 0.29) is 0 Å². The molecule has 0 radical (unpaired) electrons. The van der Waals surface area contributed by atoms with E-state index in [4.69, 9.17) is 0 Å². The molecule has 0 N–H and O–H groups in total. The van der Waals surface area contributed by atoms with Crippen molar-refractivity contribution in [1.29, 1.82) is 0 Å². The van der Waals surface area contributed by atoms with Gasteiger partial charge in [0.2, 0.25) is 0 Å². The van der Waals surface area contributed by atoms with Crippen LogP contribution >= 0.6 is 0 Å². The van der Waals surface area contributed by atoms with Gasteiger partial charge in [-0.15, -0.1) is 0 Å². The Morgan fingerprint density at radius 3 is 2.06 bits per heavy atom. The summed E-state index contributed by atoms with van der Waals surface area (Å²) in [7, 11) is 0. The minimum absolute atomic E-state index is 0.374. The molecule has 0 spiro atoms. The molecule has 3 rings (SSSR count). The molecule has 0 aliphatic heterocycles. The summed E-state index contributed by atoms with van der Waals surface area (Å²) in [4.78, 5) is 0. The minimum Gasteiger partial charge on any atom is -0.203 e. The van der Waals surface area contributed by atoms with Crippen LogP contribution in [0.3, 0.4) is 0 Å². The van der Waals surface area contributed by atoms with E-state index < -0.39 is 11.6 Å². The second-order valence-corrected chi connectivity index (χ2v) is 9.60. The molecule has 2 aromatic carbocycles. The smallest absolute Gasteiger partial charge is 0.166 e. The summed E-state index contributed by atoms with van der Waals surface area (Å²) < 4.78 is 29.6. The summed E-state index contributed by atoms with van der Waals surface area (Å²) in [5.74, 6) is 0.191. The Balaban J connectivity index is 1.56. The molecule has 2 aromatic rings. The molecule has 0 atom stereocenters. The number of rotatable bonds is 11. The highest BCUT2D eigenvalue weighted by Gasteiger charge is 2.21. The molecule has 0 amide bonds. The quantitative estimate of drug-likeness (QED) is 0.314.